The molecule has 1 aliphatic carbocycles. The third-order valence-electron chi connectivity index (χ3n) is 5.23. The van der Waals surface area contributed by atoms with Crippen molar-refractivity contribution >= 4 is 50.6 Å². The predicted octanol–water partition coefficient (Wildman–Crippen LogP) is 4.39. The number of thioether (sulfide) groups is 1. The van der Waals surface area contributed by atoms with Crippen LogP contribution in [0.1, 0.15) is 36.6 Å². The van der Waals surface area contributed by atoms with Crippen molar-refractivity contribution < 1.29 is 9.72 Å². The number of carbonyl (C=O) groups excluding carboxylic acids is 1. The number of unbranched alkanes of at least 4 members (excludes halogenated alkanes) is 1. The zero-order valence-electron chi connectivity index (χ0n) is 17.1. The first-order valence-corrected chi connectivity index (χ1v) is 12.0. The van der Waals surface area contributed by atoms with Crippen LogP contribution in [-0.2, 0) is 24.2 Å². The summed E-state index contributed by atoms with van der Waals surface area (Å²) in [6.45, 7) is 2.61. The predicted molar refractivity (Wildman–Crippen MR) is 123 cm³/mol. The Balaban J connectivity index is 1.58. The van der Waals surface area contributed by atoms with Crippen molar-refractivity contribution in [3.8, 4) is 0 Å². The van der Waals surface area contributed by atoms with Crippen molar-refractivity contribution in [3.05, 3.63) is 55.2 Å². The van der Waals surface area contributed by atoms with E-state index < -0.39 is 4.92 Å². The van der Waals surface area contributed by atoms with E-state index in [1.54, 1.807) is 28.0 Å². The minimum Gasteiger partial charge on any atom is -0.320 e. The lowest BCUT2D eigenvalue weighted by Gasteiger charge is -2.12. The summed E-state index contributed by atoms with van der Waals surface area (Å²) in [5.74, 6) is -0.384. The maximum Gasteiger partial charge on any atom is 0.292 e. The number of aryl methyl sites for hydroxylation is 2. The molecule has 0 unspecified atom stereocenters. The van der Waals surface area contributed by atoms with Crippen molar-refractivity contribution in [2.75, 3.05) is 11.1 Å². The maximum atomic E-state index is 13.3. The Morgan fingerprint density at radius 3 is 2.94 bits per heavy atom. The Labute approximate surface area is 186 Å². The van der Waals surface area contributed by atoms with Crippen LogP contribution in [0, 0.1) is 10.1 Å². The lowest BCUT2D eigenvalue weighted by atomic mass is 10.2. The van der Waals surface area contributed by atoms with E-state index in [-0.39, 0.29) is 28.6 Å². The van der Waals surface area contributed by atoms with Gasteiger partial charge in [0, 0.05) is 17.5 Å². The van der Waals surface area contributed by atoms with Crippen LogP contribution < -0.4 is 10.9 Å². The fourth-order valence-corrected chi connectivity index (χ4v) is 5.86. The lowest BCUT2D eigenvalue weighted by Crippen LogP contribution is -2.24. The summed E-state index contributed by atoms with van der Waals surface area (Å²) < 4.78 is 1.68. The third-order valence-corrected chi connectivity index (χ3v) is 7.39. The highest BCUT2D eigenvalue weighted by molar-refractivity contribution is 7.99. The van der Waals surface area contributed by atoms with Gasteiger partial charge >= 0.3 is 0 Å². The Hall–Kier alpha value is -2.72. The van der Waals surface area contributed by atoms with Crippen LogP contribution in [0.4, 0.5) is 11.4 Å². The molecule has 162 valence electrons. The molecule has 0 fully saturated rings. The van der Waals surface area contributed by atoms with Crippen LogP contribution in [0.15, 0.2) is 34.2 Å². The van der Waals surface area contributed by atoms with E-state index in [4.69, 9.17) is 4.98 Å². The molecule has 4 rings (SSSR count). The van der Waals surface area contributed by atoms with Gasteiger partial charge in [0.15, 0.2) is 5.16 Å². The second kappa shape index (κ2) is 9.19. The zero-order chi connectivity index (χ0) is 22.0. The Morgan fingerprint density at radius 2 is 2.16 bits per heavy atom. The first-order valence-electron chi connectivity index (χ1n) is 10.2. The number of carbonyl (C=O) groups is 1. The molecule has 0 atom stereocenters. The summed E-state index contributed by atoms with van der Waals surface area (Å²) >= 11 is 2.76. The summed E-state index contributed by atoms with van der Waals surface area (Å²) in [5, 5.41) is 15.0. The number of para-hydroxylation sites is 2. The highest BCUT2D eigenvalue weighted by Gasteiger charge is 2.23. The molecular weight excluding hydrogens is 436 g/mol. The number of amides is 1. The Morgan fingerprint density at radius 1 is 1.35 bits per heavy atom. The van der Waals surface area contributed by atoms with Crippen LogP contribution in [0.5, 0.6) is 0 Å². The minimum atomic E-state index is -0.531. The maximum absolute atomic E-state index is 13.3. The number of rotatable bonds is 8. The third kappa shape index (κ3) is 4.35. The number of nitrogens with zero attached hydrogens (tertiary/aromatic N) is 3. The van der Waals surface area contributed by atoms with Crippen molar-refractivity contribution in [3.63, 3.8) is 0 Å². The van der Waals surface area contributed by atoms with Gasteiger partial charge in [0.2, 0.25) is 5.91 Å². The van der Waals surface area contributed by atoms with Crippen molar-refractivity contribution in [1.82, 2.24) is 9.55 Å². The van der Waals surface area contributed by atoms with E-state index in [2.05, 4.69) is 12.2 Å². The van der Waals surface area contributed by atoms with Gasteiger partial charge in [-0.05, 0) is 37.3 Å². The van der Waals surface area contributed by atoms with Crippen LogP contribution >= 0.6 is 23.1 Å². The van der Waals surface area contributed by atoms with E-state index in [1.165, 1.54) is 28.8 Å². The zero-order valence-corrected chi connectivity index (χ0v) is 18.7. The molecule has 0 bridgehead atoms. The van der Waals surface area contributed by atoms with Gasteiger partial charge in [0.1, 0.15) is 10.5 Å². The molecule has 0 aliphatic heterocycles. The number of fused-ring (bicyclic) bond motifs is 3. The molecule has 1 N–H and O–H groups in total. The van der Waals surface area contributed by atoms with Gasteiger partial charge in [-0.3, -0.25) is 24.3 Å². The van der Waals surface area contributed by atoms with E-state index >= 15 is 0 Å². The number of nitrogens with one attached hydrogen (secondary N) is 1. The minimum absolute atomic E-state index is 0.00120. The molecule has 2 heterocycles. The number of nitro groups is 1. The number of benzene rings is 1. The van der Waals surface area contributed by atoms with Crippen LogP contribution in [0.3, 0.4) is 0 Å². The number of aromatic nitrogens is 2. The second-order valence-corrected chi connectivity index (χ2v) is 9.38. The summed E-state index contributed by atoms with van der Waals surface area (Å²) in [7, 11) is 0. The van der Waals surface area contributed by atoms with Gasteiger partial charge in [0.25, 0.3) is 11.2 Å². The quantitative estimate of drug-likeness (QED) is 0.232. The van der Waals surface area contributed by atoms with Gasteiger partial charge in [-0.1, -0.05) is 37.2 Å². The normalized spacial score (nSPS) is 12.8. The highest BCUT2D eigenvalue weighted by Crippen LogP contribution is 2.35. The molecule has 0 spiro atoms. The molecule has 1 aliphatic rings. The number of nitro benzene ring substituents is 1. The molecular formula is C21H22N4O4S2. The average molecular weight is 459 g/mol. The van der Waals surface area contributed by atoms with Crippen molar-refractivity contribution in [1.29, 1.82) is 0 Å². The molecule has 8 nitrogen and oxygen atoms in total. The summed E-state index contributed by atoms with van der Waals surface area (Å²) in [5.41, 5.74) is 1.11. The van der Waals surface area contributed by atoms with Crippen molar-refractivity contribution in [2.45, 2.75) is 50.7 Å². The molecule has 10 heteroatoms. The molecule has 0 saturated carbocycles. The average Bonchev–Trinajstić information content (AvgIpc) is 3.33. The summed E-state index contributed by atoms with van der Waals surface area (Å²) in [4.78, 5) is 43.1. The monoisotopic (exact) mass is 458 g/mol. The van der Waals surface area contributed by atoms with Crippen LogP contribution in [0.25, 0.3) is 10.2 Å². The molecule has 0 saturated heterocycles. The fraction of sp³-hybridized carbons (Fsp3) is 0.381. The molecule has 31 heavy (non-hydrogen) atoms. The van der Waals surface area contributed by atoms with Crippen LogP contribution in [-0.4, -0.2) is 26.1 Å². The van der Waals surface area contributed by atoms with Gasteiger partial charge in [-0.25, -0.2) is 4.98 Å². The summed E-state index contributed by atoms with van der Waals surface area (Å²) in [6, 6.07) is 6.02. The van der Waals surface area contributed by atoms with E-state index in [0.717, 1.165) is 47.9 Å². The van der Waals surface area contributed by atoms with E-state index in [9.17, 15) is 19.7 Å². The van der Waals surface area contributed by atoms with E-state index in [1.807, 2.05) is 0 Å². The fourth-order valence-electron chi connectivity index (χ4n) is 3.74. The molecule has 0 radical (unpaired) electrons. The SMILES string of the molecule is CCCCn1c(SCC(=O)Nc2ccccc2[N+](=O)[O-])nc2sc3c(c2c1=O)CCC3. The molecule has 2 aromatic heterocycles. The second-order valence-electron chi connectivity index (χ2n) is 7.35. The largest absolute Gasteiger partial charge is 0.320 e. The van der Waals surface area contributed by atoms with Gasteiger partial charge < -0.3 is 5.32 Å². The molecule has 1 amide bonds. The number of hydrogen-bond donors (Lipinski definition) is 1. The highest BCUT2D eigenvalue weighted by atomic mass is 32.2. The Bertz CT molecular complexity index is 1220. The molecule has 3 aromatic rings. The first kappa shape index (κ1) is 21.5. The number of thiophene rings is 1. The lowest BCUT2D eigenvalue weighted by molar-refractivity contribution is -0.383. The number of anilines is 1. The van der Waals surface area contributed by atoms with Gasteiger partial charge in [0.05, 0.1) is 16.1 Å². The first-order chi connectivity index (χ1) is 15.0. The molecule has 1 aromatic carbocycles. The number of hydrogen-bond acceptors (Lipinski definition) is 7. The van der Waals surface area contributed by atoms with Gasteiger partial charge in [-0.2, -0.15) is 0 Å². The smallest absolute Gasteiger partial charge is 0.292 e. The van der Waals surface area contributed by atoms with E-state index in [0.29, 0.717) is 11.7 Å². The van der Waals surface area contributed by atoms with Crippen LogP contribution in [0.2, 0.25) is 0 Å². The summed E-state index contributed by atoms with van der Waals surface area (Å²) in [6.07, 6.45) is 4.77. The standard InChI is InChI=1S/C21H22N4O4S2/c1-2-3-11-24-20(27)18-13-7-6-10-16(13)31-19(18)23-21(24)30-12-17(26)22-14-8-4-5-9-15(14)25(28)29/h4-5,8-9H,2-3,6-7,10-12H2,1H3,(H,22,26). The van der Waals surface area contributed by atoms with Gasteiger partial charge in [-0.15, -0.1) is 11.3 Å². The Kier molecular flexibility index (Phi) is 6.38. The topological polar surface area (TPSA) is 107 Å². The van der Waals surface area contributed by atoms with Crippen molar-refractivity contribution in [2.24, 2.45) is 0 Å².